The van der Waals surface area contributed by atoms with Crippen molar-refractivity contribution in [3.05, 3.63) is 47.7 Å². The molecule has 2 aliphatic rings. The van der Waals surface area contributed by atoms with E-state index in [1.165, 1.54) is 37.6 Å². The van der Waals surface area contributed by atoms with Gasteiger partial charge in [-0.05, 0) is 30.0 Å². The van der Waals surface area contributed by atoms with Crippen LogP contribution in [0.5, 0.6) is 11.8 Å². The van der Waals surface area contributed by atoms with E-state index in [1.807, 2.05) is 0 Å². The molecule has 4 heterocycles. The summed E-state index contributed by atoms with van der Waals surface area (Å²) in [5.41, 5.74) is 0.0108. The number of rotatable bonds is 3. The third-order valence-electron chi connectivity index (χ3n) is 6.45. The zero-order valence-corrected chi connectivity index (χ0v) is 18.0. The van der Waals surface area contributed by atoms with Gasteiger partial charge in [-0.3, -0.25) is 4.98 Å². The number of methoxy groups -OCH3 is 1. The Morgan fingerprint density at radius 2 is 2.12 bits per heavy atom. The molecule has 2 saturated heterocycles. The molecule has 2 bridgehead atoms. The van der Waals surface area contributed by atoms with Gasteiger partial charge in [0.25, 0.3) is 0 Å². The molecule has 2 fully saturated rings. The Morgan fingerprint density at radius 1 is 1.26 bits per heavy atom. The second-order valence-electron chi connectivity index (χ2n) is 8.37. The Labute approximate surface area is 193 Å². The van der Waals surface area contributed by atoms with Crippen LogP contribution in [0.4, 0.5) is 14.6 Å². The molecule has 2 unspecified atom stereocenters. The number of aromatic nitrogens is 3. The summed E-state index contributed by atoms with van der Waals surface area (Å²) in [5.74, 6) is 1.35. The van der Waals surface area contributed by atoms with Crippen molar-refractivity contribution in [2.45, 2.75) is 18.6 Å². The van der Waals surface area contributed by atoms with Gasteiger partial charge in [-0.25, -0.2) is 8.78 Å². The Balaban J connectivity index is 1.62. The average Bonchev–Trinajstić information content (AvgIpc) is 3.47. The van der Waals surface area contributed by atoms with Gasteiger partial charge in [0.05, 0.1) is 36.8 Å². The SMILES string of the molecule is C#Cc1c(F)ccc2cc(O)cc(-c3ncc4c(N5CC6CC5CO6)nc(OC)nc4c3F)c12. The van der Waals surface area contributed by atoms with Crippen molar-refractivity contribution in [3.8, 4) is 35.4 Å². The van der Waals surface area contributed by atoms with Gasteiger partial charge in [-0.15, -0.1) is 6.42 Å². The molecule has 7 nitrogen and oxygen atoms in total. The maximum absolute atomic E-state index is 16.0. The molecule has 170 valence electrons. The molecule has 2 atom stereocenters. The van der Waals surface area contributed by atoms with Crippen molar-refractivity contribution in [1.29, 1.82) is 0 Å². The summed E-state index contributed by atoms with van der Waals surface area (Å²) >= 11 is 0. The van der Waals surface area contributed by atoms with Crippen molar-refractivity contribution in [3.63, 3.8) is 0 Å². The molecule has 2 aromatic heterocycles. The van der Waals surface area contributed by atoms with Crippen LogP contribution < -0.4 is 9.64 Å². The lowest BCUT2D eigenvalue weighted by atomic mass is 9.96. The van der Waals surface area contributed by atoms with Crippen LogP contribution in [-0.4, -0.2) is 52.5 Å². The number of phenols is 1. The van der Waals surface area contributed by atoms with Gasteiger partial charge in [-0.2, -0.15) is 9.97 Å². The number of halogens is 2. The predicted octanol–water partition coefficient (Wildman–Crippen LogP) is 3.80. The van der Waals surface area contributed by atoms with Crippen LogP contribution in [0.25, 0.3) is 32.9 Å². The van der Waals surface area contributed by atoms with Crippen molar-refractivity contribution < 1.29 is 23.4 Å². The molecule has 9 heteroatoms. The highest BCUT2D eigenvalue weighted by molar-refractivity contribution is 6.03. The fourth-order valence-electron chi connectivity index (χ4n) is 4.93. The van der Waals surface area contributed by atoms with E-state index in [0.717, 1.165) is 6.42 Å². The minimum Gasteiger partial charge on any atom is -0.508 e. The Morgan fingerprint density at radius 3 is 2.82 bits per heavy atom. The van der Waals surface area contributed by atoms with E-state index in [2.05, 4.69) is 25.8 Å². The van der Waals surface area contributed by atoms with E-state index in [0.29, 0.717) is 29.7 Å². The highest BCUT2D eigenvalue weighted by Crippen LogP contribution is 2.40. The van der Waals surface area contributed by atoms with Crippen LogP contribution in [0.15, 0.2) is 30.5 Å². The largest absolute Gasteiger partial charge is 0.508 e. The van der Waals surface area contributed by atoms with E-state index in [4.69, 9.17) is 15.9 Å². The summed E-state index contributed by atoms with van der Waals surface area (Å²) in [7, 11) is 1.41. The number of aromatic hydroxyl groups is 1. The van der Waals surface area contributed by atoms with Gasteiger partial charge in [0.15, 0.2) is 5.82 Å². The fraction of sp³-hybridized carbons (Fsp3) is 0.240. The lowest BCUT2D eigenvalue weighted by Crippen LogP contribution is -2.37. The number of morpholine rings is 1. The van der Waals surface area contributed by atoms with Gasteiger partial charge in [0.2, 0.25) is 0 Å². The standard InChI is InChI=1S/C25H18F2N4O3/c1-3-16-19(26)5-4-12-6-14(32)8-17(20(12)16)22-21(27)23-18(9-28-22)24(30-25(29-23)33-2)31-10-15-7-13(31)11-34-15/h1,4-6,8-9,13,15,32H,7,10-11H2,2H3. The maximum atomic E-state index is 16.0. The number of benzene rings is 2. The molecule has 0 saturated carbocycles. The summed E-state index contributed by atoms with van der Waals surface area (Å²) in [4.78, 5) is 15.2. The molecule has 1 N–H and O–H groups in total. The Kier molecular flexibility index (Phi) is 4.54. The number of ether oxygens (including phenoxy) is 2. The highest BCUT2D eigenvalue weighted by Gasteiger charge is 2.40. The summed E-state index contributed by atoms with van der Waals surface area (Å²) in [6.45, 7) is 1.20. The van der Waals surface area contributed by atoms with E-state index in [-0.39, 0.29) is 51.6 Å². The molecule has 2 aromatic carbocycles. The van der Waals surface area contributed by atoms with Gasteiger partial charge in [-0.1, -0.05) is 12.0 Å². The number of phenolic OH excluding ortho intramolecular Hbond substituents is 1. The average molecular weight is 460 g/mol. The summed E-state index contributed by atoms with van der Waals surface area (Å²) in [6, 6.07) is 5.58. The smallest absolute Gasteiger partial charge is 0.318 e. The lowest BCUT2D eigenvalue weighted by molar-refractivity contribution is 0.0989. The van der Waals surface area contributed by atoms with Crippen LogP contribution >= 0.6 is 0 Å². The fourth-order valence-corrected chi connectivity index (χ4v) is 4.93. The number of hydrogen-bond acceptors (Lipinski definition) is 7. The van der Waals surface area contributed by atoms with Crippen molar-refractivity contribution in [1.82, 2.24) is 15.0 Å². The predicted molar refractivity (Wildman–Crippen MR) is 122 cm³/mol. The molecular weight excluding hydrogens is 442 g/mol. The van der Waals surface area contributed by atoms with E-state index in [9.17, 15) is 9.50 Å². The number of hydrogen-bond donors (Lipinski definition) is 1. The number of fused-ring (bicyclic) bond motifs is 4. The zero-order valence-electron chi connectivity index (χ0n) is 18.0. The zero-order chi connectivity index (χ0) is 23.6. The monoisotopic (exact) mass is 460 g/mol. The molecule has 6 rings (SSSR count). The molecule has 0 amide bonds. The molecule has 4 aromatic rings. The first kappa shape index (κ1) is 20.6. The number of anilines is 1. The van der Waals surface area contributed by atoms with Crippen LogP contribution in [0.2, 0.25) is 0 Å². The van der Waals surface area contributed by atoms with E-state index < -0.39 is 11.6 Å². The lowest BCUT2D eigenvalue weighted by Gasteiger charge is -2.28. The third kappa shape index (κ3) is 2.96. The van der Waals surface area contributed by atoms with Crippen LogP contribution in [0.1, 0.15) is 12.0 Å². The minimum absolute atomic E-state index is 0.00527. The highest BCUT2D eigenvalue weighted by atomic mass is 19.1. The van der Waals surface area contributed by atoms with Gasteiger partial charge < -0.3 is 19.5 Å². The minimum atomic E-state index is -0.751. The summed E-state index contributed by atoms with van der Waals surface area (Å²) < 4.78 is 41.5. The summed E-state index contributed by atoms with van der Waals surface area (Å²) in [5, 5.41) is 11.4. The topological polar surface area (TPSA) is 80.6 Å². The Bertz CT molecular complexity index is 1540. The molecule has 0 spiro atoms. The molecular formula is C25H18F2N4O3. The first-order valence-electron chi connectivity index (χ1n) is 10.7. The molecule has 0 radical (unpaired) electrons. The molecule has 0 aliphatic carbocycles. The van der Waals surface area contributed by atoms with Crippen molar-refractivity contribution >= 4 is 27.5 Å². The van der Waals surface area contributed by atoms with Crippen LogP contribution in [0.3, 0.4) is 0 Å². The Hall–Kier alpha value is -4.03. The van der Waals surface area contributed by atoms with Crippen molar-refractivity contribution in [2.75, 3.05) is 25.2 Å². The third-order valence-corrected chi connectivity index (χ3v) is 6.45. The van der Waals surface area contributed by atoms with Gasteiger partial charge >= 0.3 is 6.01 Å². The second-order valence-corrected chi connectivity index (χ2v) is 8.37. The first-order chi connectivity index (χ1) is 16.5. The quantitative estimate of drug-likeness (QED) is 0.466. The van der Waals surface area contributed by atoms with Crippen LogP contribution in [0, 0.1) is 24.0 Å². The number of pyridine rings is 1. The first-order valence-corrected chi connectivity index (χ1v) is 10.7. The van der Waals surface area contributed by atoms with Crippen LogP contribution in [-0.2, 0) is 4.74 Å². The normalized spacial score (nSPS) is 19.2. The number of nitrogens with zero attached hydrogens (tertiary/aromatic N) is 4. The van der Waals surface area contributed by atoms with E-state index in [1.54, 1.807) is 0 Å². The molecule has 2 aliphatic heterocycles. The molecule has 34 heavy (non-hydrogen) atoms. The van der Waals surface area contributed by atoms with Gasteiger partial charge in [0, 0.05) is 23.7 Å². The summed E-state index contributed by atoms with van der Waals surface area (Å²) in [6.07, 6.45) is 8.03. The van der Waals surface area contributed by atoms with Gasteiger partial charge in [0.1, 0.15) is 28.6 Å². The van der Waals surface area contributed by atoms with Crippen molar-refractivity contribution in [2.24, 2.45) is 0 Å². The number of terminal acetylenes is 1. The second kappa shape index (κ2) is 7.50. The van der Waals surface area contributed by atoms with E-state index >= 15 is 4.39 Å². The maximum Gasteiger partial charge on any atom is 0.318 e.